The molecule has 1 fully saturated rings. The van der Waals surface area contributed by atoms with Gasteiger partial charge in [-0.3, -0.25) is 4.90 Å². The molecule has 0 radical (unpaired) electrons. The van der Waals surface area contributed by atoms with Crippen LogP contribution < -0.4 is 5.32 Å². The van der Waals surface area contributed by atoms with E-state index in [4.69, 9.17) is 0 Å². The van der Waals surface area contributed by atoms with Gasteiger partial charge in [0.05, 0.1) is 0 Å². The summed E-state index contributed by atoms with van der Waals surface area (Å²) in [5.41, 5.74) is 0.360. The van der Waals surface area contributed by atoms with Crippen molar-refractivity contribution in [2.75, 3.05) is 26.2 Å². The highest BCUT2D eigenvalue weighted by atomic mass is 15.2. The first kappa shape index (κ1) is 12.7. The first-order valence-electron chi connectivity index (χ1n) is 6.11. The summed E-state index contributed by atoms with van der Waals surface area (Å²) < 4.78 is 0. The van der Waals surface area contributed by atoms with Gasteiger partial charge in [0.15, 0.2) is 0 Å². The van der Waals surface area contributed by atoms with Crippen LogP contribution in [0.5, 0.6) is 0 Å². The van der Waals surface area contributed by atoms with Gasteiger partial charge < -0.3 is 5.32 Å². The summed E-state index contributed by atoms with van der Waals surface area (Å²) in [6, 6.07) is 0.616. The second-order valence-corrected chi connectivity index (χ2v) is 5.55. The Bertz CT molecular complexity index is 203. The molecular formula is C13H26N2. The largest absolute Gasteiger partial charge is 0.312 e. The predicted molar refractivity (Wildman–Crippen MR) is 67.1 cm³/mol. The fourth-order valence-corrected chi connectivity index (χ4v) is 1.99. The van der Waals surface area contributed by atoms with E-state index in [1.807, 2.05) is 0 Å². The van der Waals surface area contributed by atoms with Gasteiger partial charge in [0.2, 0.25) is 0 Å². The van der Waals surface area contributed by atoms with Gasteiger partial charge in [-0.15, -0.1) is 0 Å². The zero-order chi connectivity index (χ0) is 11.3. The van der Waals surface area contributed by atoms with E-state index in [2.05, 4.69) is 50.1 Å². The maximum absolute atomic E-state index is 3.66. The first-order chi connectivity index (χ1) is 7.04. The molecule has 1 heterocycles. The van der Waals surface area contributed by atoms with Crippen molar-refractivity contribution in [3.05, 3.63) is 12.2 Å². The molecular weight excluding hydrogens is 184 g/mol. The number of hydrogen-bond acceptors (Lipinski definition) is 2. The molecule has 1 saturated heterocycles. The monoisotopic (exact) mass is 210 g/mol. The maximum atomic E-state index is 3.66. The SMILES string of the molecule is C/C=C/CN1CCCNC(C(C)(C)C)C1. The van der Waals surface area contributed by atoms with Crippen LogP contribution in [0, 0.1) is 5.41 Å². The molecule has 2 heteroatoms. The Kier molecular flexibility index (Phi) is 4.81. The molecule has 0 aromatic rings. The molecule has 15 heavy (non-hydrogen) atoms. The van der Waals surface area contributed by atoms with E-state index in [0.29, 0.717) is 11.5 Å². The zero-order valence-corrected chi connectivity index (χ0v) is 10.7. The zero-order valence-electron chi connectivity index (χ0n) is 10.7. The van der Waals surface area contributed by atoms with E-state index in [1.54, 1.807) is 0 Å². The lowest BCUT2D eigenvalue weighted by molar-refractivity contribution is 0.208. The van der Waals surface area contributed by atoms with Gasteiger partial charge >= 0.3 is 0 Å². The lowest BCUT2D eigenvalue weighted by Gasteiger charge is -2.33. The van der Waals surface area contributed by atoms with Gasteiger partial charge in [-0.05, 0) is 31.8 Å². The predicted octanol–water partition coefficient (Wildman–Crippen LogP) is 2.27. The molecule has 1 unspecified atom stereocenters. The van der Waals surface area contributed by atoms with Gasteiger partial charge in [-0.2, -0.15) is 0 Å². The third-order valence-corrected chi connectivity index (χ3v) is 3.13. The second-order valence-electron chi connectivity index (χ2n) is 5.55. The molecule has 1 aliphatic rings. The van der Waals surface area contributed by atoms with Crippen LogP contribution in [0.1, 0.15) is 34.1 Å². The van der Waals surface area contributed by atoms with Gasteiger partial charge in [0.1, 0.15) is 0 Å². The minimum atomic E-state index is 0.360. The Balaban J connectivity index is 2.53. The Morgan fingerprint density at radius 3 is 2.73 bits per heavy atom. The van der Waals surface area contributed by atoms with Crippen molar-refractivity contribution in [1.82, 2.24) is 10.2 Å². The van der Waals surface area contributed by atoms with Gasteiger partial charge in [-0.25, -0.2) is 0 Å². The van der Waals surface area contributed by atoms with E-state index in [0.717, 1.165) is 13.1 Å². The number of rotatable bonds is 2. The standard InChI is InChI=1S/C13H26N2/c1-5-6-9-15-10-7-8-14-12(11-15)13(2,3)4/h5-6,12,14H,7-11H2,1-4H3/b6-5+. The van der Waals surface area contributed by atoms with Crippen molar-refractivity contribution in [3.63, 3.8) is 0 Å². The van der Waals surface area contributed by atoms with E-state index in [9.17, 15) is 0 Å². The highest BCUT2D eigenvalue weighted by Crippen LogP contribution is 2.21. The lowest BCUT2D eigenvalue weighted by Crippen LogP contribution is -2.46. The minimum absolute atomic E-state index is 0.360. The van der Waals surface area contributed by atoms with Gasteiger partial charge in [-0.1, -0.05) is 32.9 Å². The van der Waals surface area contributed by atoms with Crippen LogP contribution in [0.3, 0.4) is 0 Å². The average molecular weight is 210 g/mol. The summed E-state index contributed by atoms with van der Waals surface area (Å²) in [6.45, 7) is 13.7. The molecule has 0 bridgehead atoms. The second kappa shape index (κ2) is 5.66. The summed E-state index contributed by atoms with van der Waals surface area (Å²) >= 11 is 0. The molecule has 0 amide bonds. The number of hydrogen-bond donors (Lipinski definition) is 1. The lowest BCUT2D eigenvalue weighted by atomic mass is 9.86. The van der Waals surface area contributed by atoms with Crippen molar-refractivity contribution in [1.29, 1.82) is 0 Å². The van der Waals surface area contributed by atoms with Crippen LogP contribution in [-0.4, -0.2) is 37.1 Å². The fourth-order valence-electron chi connectivity index (χ4n) is 1.99. The fraction of sp³-hybridized carbons (Fsp3) is 0.846. The molecule has 88 valence electrons. The molecule has 0 aromatic carbocycles. The van der Waals surface area contributed by atoms with E-state index in [1.165, 1.54) is 19.5 Å². The molecule has 0 saturated carbocycles. The van der Waals surface area contributed by atoms with E-state index in [-0.39, 0.29) is 0 Å². The molecule has 1 N–H and O–H groups in total. The van der Waals surface area contributed by atoms with Crippen LogP contribution in [0.25, 0.3) is 0 Å². The normalized spacial score (nSPS) is 25.7. The highest BCUT2D eigenvalue weighted by molar-refractivity contribution is 4.89. The van der Waals surface area contributed by atoms with Crippen LogP contribution in [0.2, 0.25) is 0 Å². The summed E-state index contributed by atoms with van der Waals surface area (Å²) in [5, 5.41) is 3.66. The van der Waals surface area contributed by atoms with Crippen molar-refractivity contribution >= 4 is 0 Å². The molecule has 2 nitrogen and oxygen atoms in total. The van der Waals surface area contributed by atoms with Crippen molar-refractivity contribution in [2.24, 2.45) is 5.41 Å². The Hall–Kier alpha value is -0.340. The van der Waals surface area contributed by atoms with Crippen LogP contribution in [0.15, 0.2) is 12.2 Å². The summed E-state index contributed by atoms with van der Waals surface area (Å²) in [7, 11) is 0. The summed E-state index contributed by atoms with van der Waals surface area (Å²) in [6.07, 6.45) is 5.67. The summed E-state index contributed by atoms with van der Waals surface area (Å²) in [5.74, 6) is 0. The Morgan fingerprint density at radius 1 is 1.40 bits per heavy atom. The highest BCUT2D eigenvalue weighted by Gasteiger charge is 2.27. The number of allylic oxidation sites excluding steroid dienone is 1. The number of nitrogens with one attached hydrogen (secondary N) is 1. The van der Waals surface area contributed by atoms with Gasteiger partial charge in [0, 0.05) is 19.1 Å². The topological polar surface area (TPSA) is 15.3 Å². The smallest absolute Gasteiger partial charge is 0.0243 e. The van der Waals surface area contributed by atoms with Crippen LogP contribution >= 0.6 is 0 Å². The van der Waals surface area contributed by atoms with E-state index < -0.39 is 0 Å². The molecule has 0 aromatic heterocycles. The summed E-state index contributed by atoms with van der Waals surface area (Å²) in [4.78, 5) is 2.55. The maximum Gasteiger partial charge on any atom is 0.0243 e. The molecule has 0 aliphatic carbocycles. The Labute approximate surface area is 94.7 Å². The molecule has 0 spiro atoms. The third-order valence-electron chi connectivity index (χ3n) is 3.13. The van der Waals surface area contributed by atoms with Crippen LogP contribution in [0.4, 0.5) is 0 Å². The first-order valence-corrected chi connectivity index (χ1v) is 6.11. The minimum Gasteiger partial charge on any atom is -0.312 e. The molecule has 1 aliphatic heterocycles. The molecule has 1 atom stereocenters. The van der Waals surface area contributed by atoms with Crippen molar-refractivity contribution < 1.29 is 0 Å². The average Bonchev–Trinajstić information content (AvgIpc) is 2.38. The third kappa shape index (κ3) is 4.35. The van der Waals surface area contributed by atoms with Crippen molar-refractivity contribution in [2.45, 2.75) is 40.2 Å². The van der Waals surface area contributed by atoms with Crippen molar-refractivity contribution in [3.8, 4) is 0 Å². The Morgan fingerprint density at radius 2 is 2.13 bits per heavy atom. The number of nitrogens with zero attached hydrogens (tertiary/aromatic N) is 1. The van der Waals surface area contributed by atoms with E-state index >= 15 is 0 Å². The van der Waals surface area contributed by atoms with Crippen LogP contribution in [-0.2, 0) is 0 Å². The molecule has 1 rings (SSSR count). The van der Waals surface area contributed by atoms with Gasteiger partial charge in [0.25, 0.3) is 0 Å². The quantitative estimate of drug-likeness (QED) is 0.703.